The van der Waals surface area contributed by atoms with Gasteiger partial charge in [-0.05, 0) is 25.1 Å². The van der Waals surface area contributed by atoms with E-state index < -0.39 is 0 Å². The van der Waals surface area contributed by atoms with Gasteiger partial charge in [0, 0.05) is 31.5 Å². The number of aryl methyl sites for hydroxylation is 1. The number of hydrogen-bond donors (Lipinski definition) is 0. The monoisotopic (exact) mass is 164 g/mol. The summed E-state index contributed by atoms with van der Waals surface area (Å²) >= 11 is 0. The Bertz CT molecular complexity index is 275. The molecule has 0 N–H and O–H groups in total. The molecular weight excluding hydrogens is 148 g/mol. The first-order valence-electron chi connectivity index (χ1n) is 4.68. The highest BCUT2D eigenvalue weighted by Crippen LogP contribution is 2.16. The van der Waals surface area contributed by atoms with Gasteiger partial charge in [0.15, 0.2) is 0 Å². The molecule has 0 atom stereocenters. The third kappa shape index (κ3) is 1.16. The second kappa shape index (κ2) is 2.94. The molecule has 0 aromatic carbocycles. The molecule has 0 saturated heterocycles. The van der Waals surface area contributed by atoms with Crippen LogP contribution in [-0.2, 0) is 13.1 Å². The predicted molar refractivity (Wildman–Crippen MR) is 50.1 cm³/mol. The molecule has 2 heteroatoms. The maximum Gasteiger partial charge on any atom is 0.0390 e. The fourth-order valence-electron chi connectivity index (χ4n) is 1.85. The Labute approximate surface area is 73.8 Å². The molecule has 1 aromatic rings. The lowest BCUT2D eigenvalue weighted by molar-refractivity contribution is 0.232. The van der Waals surface area contributed by atoms with Gasteiger partial charge in [0.25, 0.3) is 0 Å². The van der Waals surface area contributed by atoms with E-state index in [9.17, 15) is 0 Å². The maximum absolute atomic E-state index is 2.49. The third-order valence-corrected chi connectivity index (χ3v) is 2.78. The summed E-state index contributed by atoms with van der Waals surface area (Å²) < 4.78 is 2.38. The molecule has 66 valence electrons. The molecular formula is C10H16N2. The van der Waals surface area contributed by atoms with Gasteiger partial charge in [0.2, 0.25) is 0 Å². The summed E-state index contributed by atoms with van der Waals surface area (Å²) in [6.45, 7) is 9.10. The van der Waals surface area contributed by atoms with Crippen molar-refractivity contribution in [3.63, 3.8) is 0 Å². The third-order valence-electron chi connectivity index (χ3n) is 2.78. The number of hydrogen-bond acceptors (Lipinski definition) is 1. The molecule has 2 heterocycles. The van der Waals surface area contributed by atoms with E-state index in [4.69, 9.17) is 0 Å². The van der Waals surface area contributed by atoms with Crippen molar-refractivity contribution in [3.8, 4) is 0 Å². The van der Waals surface area contributed by atoms with Crippen molar-refractivity contribution in [3.05, 3.63) is 23.5 Å². The van der Waals surface area contributed by atoms with E-state index in [2.05, 4.69) is 35.6 Å². The molecule has 2 nitrogen and oxygen atoms in total. The van der Waals surface area contributed by atoms with Crippen molar-refractivity contribution in [2.75, 3.05) is 13.1 Å². The minimum Gasteiger partial charge on any atom is -0.349 e. The van der Waals surface area contributed by atoms with Crippen LogP contribution in [0.15, 0.2) is 12.3 Å². The Morgan fingerprint density at radius 1 is 1.42 bits per heavy atom. The van der Waals surface area contributed by atoms with Crippen LogP contribution in [0.25, 0.3) is 0 Å². The molecule has 0 aliphatic carbocycles. The van der Waals surface area contributed by atoms with Gasteiger partial charge in [-0.15, -0.1) is 0 Å². The van der Waals surface area contributed by atoms with Crippen LogP contribution in [0.4, 0.5) is 0 Å². The average Bonchev–Trinajstić information content (AvgIpc) is 2.47. The average molecular weight is 164 g/mol. The second-order valence-electron chi connectivity index (χ2n) is 3.51. The molecule has 0 radical (unpaired) electrons. The van der Waals surface area contributed by atoms with E-state index in [1.54, 1.807) is 0 Å². The largest absolute Gasteiger partial charge is 0.349 e. The summed E-state index contributed by atoms with van der Waals surface area (Å²) in [5.74, 6) is 0. The molecule has 0 spiro atoms. The number of aromatic nitrogens is 1. The zero-order chi connectivity index (χ0) is 8.55. The summed E-state index contributed by atoms with van der Waals surface area (Å²) in [5.41, 5.74) is 2.94. The Balaban J connectivity index is 2.26. The molecule has 2 rings (SSSR count). The normalized spacial score (nSPS) is 17.8. The first-order chi connectivity index (χ1) is 5.81. The minimum absolute atomic E-state index is 1.13. The van der Waals surface area contributed by atoms with Crippen molar-refractivity contribution in [2.24, 2.45) is 0 Å². The molecule has 0 unspecified atom stereocenters. The molecule has 0 saturated carbocycles. The number of fused-ring (bicyclic) bond motifs is 1. The fraction of sp³-hybridized carbons (Fsp3) is 0.600. The SMILES string of the molecule is CCN1CCn2ccc(C)c2C1. The van der Waals surface area contributed by atoms with Gasteiger partial charge < -0.3 is 4.57 Å². The van der Waals surface area contributed by atoms with Crippen molar-refractivity contribution in [1.82, 2.24) is 9.47 Å². The van der Waals surface area contributed by atoms with Gasteiger partial charge in [-0.2, -0.15) is 0 Å². The van der Waals surface area contributed by atoms with Crippen LogP contribution in [0.1, 0.15) is 18.2 Å². The van der Waals surface area contributed by atoms with Crippen LogP contribution in [0, 0.1) is 6.92 Å². The van der Waals surface area contributed by atoms with Crippen LogP contribution in [-0.4, -0.2) is 22.6 Å². The topological polar surface area (TPSA) is 8.17 Å². The van der Waals surface area contributed by atoms with Crippen LogP contribution in [0.5, 0.6) is 0 Å². The Hall–Kier alpha value is -0.760. The summed E-state index contributed by atoms with van der Waals surface area (Å²) in [4.78, 5) is 2.49. The smallest absolute Gasteiger partial charge is 0.0390 e. The van der Waals surface area contributed by atoms with Gasteiger partial charge in [0.1, 0.15) is 0 Å². The van der Waals surface area contributed by atoms with E-state index in [0.29, 0.717) is 0 Å². The van der Waals surface area contributed by atoms with Crippen molar-refractivity contribution in [1.29, 1.82) is 0 Å². The number of nitrogens with zero attached hydrogens (tertiary/aromatic N) is 2. The molecule has 1 aliphatic rings. The molecule has 0 fully saturated rings. The standard InChI is InChI=1S/C10H16N2/c1-3-11-6-7-12-5-4-9(2)10(12)8-11/h4-5H,3,6-8H2,1-2H3. The molecule has 12 heavy (non-hydrogen) atoms. The first-order valence-corrected chi connectivity index (χ1v) is 4.68. The molecule has 0 amide bonds. The summed E-state index contributed by atoms with van der Waals surface area (Å²) in [6, 6.07) is 2.22. The lowest BCUT2D eigenvalue weighted by Gasteiger charge is -2.27. The summed E-state index contributed by atoms with van der Waals surface area (Å²) in [7, 11) is 0. The van der Waals surface area contributed by atoms with E-state index in [1.165, 1.54) is 24.3 Å². The van der Waals surface area contributed by atoms with Gasteiger partial charge >= 0.3 is 0 Å². The number of likely N-dealkylation sites (N-methyl/N-ethyl adjacent to an activating group) is 1. The quantitative estimate of drug-likeness (QED) is 0.612. The summed E-state index contributed by atoms with van der Waals surface area (Å²) in [6.07, 6.45) is 2.21. The Morgan fingerprint density at radius 2 is 2.25 bits per heavy atom. The van der Waals surface area contributed by atoms with E-state index in [0.717, 1.165) is 13.1 Å². The van der Waals surface area contributed by atoms with Crippen molar-refractivity contribution in [2.45, 2.75) is 26.9 Å². The molecule has 1 aromatic heterocycles. The fourth-order valence-corrected chi connectivity index (χ4v) is 1.85. The minimum atomic E-state index is 1.13. The molecule has 1 aliphatic heterocycles. The maximum atomic E-state index is 2.49. The second-order valence-corrected chi connectivity index (χ2v) is 3.51. The van der Waals surface area contributed by atoms with Crippen LogP contribution in [0.3, 0.4) is 0 Å². The highest BCUT2D eigenvalue weighted by Gasteiger charge is 2.15. The first kappa shape index (κ1) is 7.87. The van der Waals surface area contributed by atoms with Crippen LogP contribution >= 0.6 is 0 Å². The summed E-state index contributed by atoms with van der Waals surface area (Å²) in [5, 5.41) is 0. The lowest BCUT2D eigenvalue weighted by atomic mass is 10.2. The van der Waals surface area contributed by atoms with Crippen molar-refractivity contribution < 1.29 is 0 Å². The zero-order valence-corrected chi connectivity index (χ0v) is 7.88. The predicted octanol–water partition coefficient (Wildman–Crippen LogP) is 1.63. The Morgan fingerprint density at radius 3 is 3.00 bits per heavy atom. The van der Waals surface area contributed by atoms with E-state index >= 15 is 0 Å². The van der Waals surface area contributed by atoms with Crippen LogP contribution < -0.4 is 0 Å². The van der Waals surface area contributed by atoms with Crippen molar-refractivity contribution >= 4 is 0 Å². The van der Waals surface area contributed by atoms with Crippen LogP contribution in [0.2, 0.25) is 0 Å². The molecule has 0 bridgehead atoms. The van der Waals surface area contributed by atoms with E-state index in [-0.39, 0.29) is 0 Å². The Kier molecular flexibility index (Phi) is 1.93. The van der Waals surface area contributed by atoms with Gasteiger partial charge in [-0.25, -0.2) is 0 Å². The number of rotatable bonds is 1. The zero-order valence-electron chi connectivity index (χ0n) is 7.88. The van der Waals surface area contributed by atoms with Gasteiger partial charge in [0.05, 0.1) is 0 Å². The lowest BCUT2D eigenvalue weighted by Crippen LogP contribution is -2.33. The van der Waals surface area contributed by atoms with Gasteiger partial charge in [-0.1, -0.05) is 6.92 Å². The van der Waals surface area contributed by atoms with Gasteiger partial charge in [-0.3, -0.25) is 4.90 Å². The van der Waals surface area contributed by atoms with E-state index in [1.807, 2.05) is 0 Å². The highest BCUT2D eigenvalue weighted by molar-refractivity contribution is 5.21. The highest BCUT2D eigenvalue weighted by atomic mass is 15.2.